The van der Waals surface area contributed by atoms with Crippen LogP contribution in [0.1, 0.15) is 64.2 Å². The second-order valence-electron chi connectivity index (χ2n) is 5.88. The second kappa shape index (κ2) is 6.53. The third kappa shape index (κ3) is 3.80. The Morgan fingerprint density at radius 2 is 1.65 bits per heavy atom. The van der Waals surface area contributed by atoms with Gasteiger partial charge in [-0.1, -0.05) is 19.3 Å². The summed E-state index contributed by atoms with van der Waals surface area (Å²) in [6, 6.07) is 0. The van der Waals surface area contributed by atoms with Crippen molar-refractivity contribution in [2.75, 3.05) is 7.11 Å². The fraction of sp³-hybridized carbons (Fsp3) is 0.933. The number of Topliss-reactive ketones (excluding diaryl/α,β-unsaturated/α-hetero) is 1. The first-order valence-corrected chi connectivity index (χ1v) is 7.35. The summed E-state index contributed by atoms with van der Waals surface area (Å²) in [7, 11) is 1.80. The standard InChI is InChI=1S/C15H26O2/c1-17-14-9-7-12(8-10-14)11-15(16)13-5-3-2-4-6-13/h12-14H,2-11H2,1H3. The van der Waals surface area contributed by atoms with E-state index in [4.69, 9.17) is 4.74 Å². The number of carbonyl (C=O) groups is 1. The molecule has 0 heterocycles. The van der Waals surface area contributed by atoms with Crippen LogP contribution in [0.3, 0.4) is 0 Å². The molecule has 0 spiro atoms. The number of ether oxygens (including phenoxy) is 1. The molecule has 2 heteroatoms. The second-order valence-corrected chi connectivity index (χ2v) is 5.88. The van der Waals surface area contributed by atoms with Gasteiger partial charge in [-0.05, 0) is 44.4 Å². The zero-order chi connectivity index (χ0) is 12.1. The van der Waals surface area contributed by atoms with Gasteiger partial charge in [0, 0.05) is 19.4 Å². The average Bonchev–Trinajstić information content (AvgIpc) is 2.40. The lowest BCUT2D eigenvalue weighted by Crippen LogP contribution is -2.25. The lowest BCUT2D eigenvalue weighted by atomic mass is 9.79. The number of hydrogen-bond donors (Lipinski definition) is 0. The number of rotatable bonds is 4. The minimum atomic E-state index is 0.406. The lowest BCUT2D eigenvalue weighted by molar-refractivity contribution is -0.125. The highest BCUT2D eigenvalue weighted by Crippen LogP contribution is 2.32. The molecular weight excluding hydrogens is 212 g/mol. The molecular formula is C15H26O2. The van der Waals surface area contributed by atoms with Crippen molar-refractivity contribution in [1.82, 2.24) is 0 Å². The molecule has 0 aromatic carbocycles. The van der Waals surface area contributed by atoms with Crippen LogP contribution < -0.4 is 0 Å². The Bertz CT molecular complexity index is 235. The molecule has 0 saturated heterocycles. The van der Waals surface area contributed by atoms with E-state index in [1.54, 1.807) is 7.11 Å². The van der Waals surface area contributed by atoms with Gasteiger partial charge in [-0.2, -0.15) is 0 Å². The molecule has 2 saturated carbocycles. The number of ketones is 1. The summed E-state index contributed by atoms with van der Waals surface area (Å²) in [5, 5.41) is 0. The zero-order valence-corrected chi connectivity index (χ0v) is 11.1. The molecule has 0 unspecified atom stereocenters. The summed E-state index contributed by atoms with van der Waals surface area (Å²) in [5.41, 5.74) is 0. The van der Waals surface area contributed by atoms with Gasteiger partial charge < -0.3 is 4.74 Å². The van der Waals surface area contributed by atoms with Crippen molar-refractivity contribution in [3.05, 3.63) is 0 Å². The van der Waals surface area contributed by atoms with Crippen LogP contribution in [0, 0.1) is 11.8 Å². The van der Waals surface area contributed by atoms with Crippen LogP contribution in [0.5, 0.6) is 0 Å². The molecule has 0 bridgehead atoms. The predicted molar refractivity (Wildman–Crippen MR) is 69.0 cm³/mol. The molecule has 2 rings (SSSR count). The van der Waals surface area contributed by atoms with Crippen LogP contribution in [-0.4, -0.2) is 19.0 Å². The maximum atomic E-state index is 12.2. The number of methoxy groups -OCH3 is 1. The van der Waals surface area contributed by atoms with E-state index < -0.39 is 0 Å². The highest BCUT2D eigenvalue weighted by Gasteiger charge is 2.26. The van der Waals surface area contributed by atoms with Crippen molar-refractivity contribution in [1.29, 1.82) is 0 Å². The summed E-state index contributed by atoms with van der Waals surface area (Å²) < 4.78 is 5.38. The maximum Gasteiger partial charge on any atom is 0.136 e. The summed E-state index contributed by atoms with van der Waals surface area (Å²) >= 11 is 0. The third-order valence-corrected chi connectivity index (χ3v) is 4.68. The quantitative estimate of drug-likeness (QED) is 0.746. The molecule has 2 aliphatic carbocycles. The van der Waals surface area contributed by atoms with Crippen LogP contribution in [0.25, 0.3) is 0 Å². The fourth-order valence-electron chi connectivity index (χ4n) is 3.45. The van der Waals surface area contributed by atoms with Crippen molar-refractivity contribution >= 4 is 5.78 Å². The molecule has 17 heavy (non-hydrogen) atoms. The van der Waals surface area contributed by atoms with Gasteiger partial charge >= 0.3 is 0 Å². The number of hydrogen-bond acceptors (Lipinski definition) is 2. The van der Waals surface area contributed by atoms with Gasteiger partial charge in [-0.15, -0.1) is 0 Å². The van der Waals surface area contributed by atoms with Gasteiger partial charge in [0.2, 0.25) is 0 Å². The zero-order valence-electron chi connectivity index (χ0n) is 11.1. The minimum Gasteiger partial charge on any atom is -0.381 e. The topological polar surface area (TPSA) is 26.3 Å². The van der Waals surface area contributed by atoms with E-state index in [1.165, 1.54) is 32.1 Å². The Morgan fingerprint density at radius 3 is 2.24 bits per heavy atom. The maximum absolute atomic E-state index is 12.2. The molecule has 0 aliphatic heterocycles. The summed E-state index contributed by atoms with van der Waals surface area (Å²) in [4.78, 5) is 12.2. The van der Waals surface area contributed by atoms with Gasteiger partial charge in [0.05, 0.1) is 6.10 Å². The van der Waals surface area contributed by atoms with Gasteiger partial charge in [0.25, 0.3) is 0 Å². The molecule has 0 radical (unpaired) electrons. The molecule has 0 aromatic heterocycles. The summed E-state index contributed by atoms with van der Waals surface area (Å²) in [6.07, 6.45) is 12.2. The van der Waals surface area contributed by atoms with Gasteiger partial charge in [0.1, 0.15) is 5.78 Å². The predicted octanol–water partition coefficient (Wildman–Crippen LogP) is 3.73. The van der Waals surface area contributed by atoms with Crippen LogP contribution in [-0.2, 0) is 9.53 Å². The first-order chi connectivity index (χ1) is 8.29. The molecule has 98 valence electrons. The van der Waals surface area contributed by atoms with Crippen LogP contribution in [0.2, 0.25) is 0 Å². The summed E-state index contributed by atoms with van der Waals surface area (Å²) in [6.45, 7) is 0. The summed E-state index contributed by atoms with van der Waals surface area (Å²) in [5.74, 6) is 1.62. The Morgan fingerprint density at radius 1 is 1.00 bits per heavy atom. The molecule has 0 aromatic rings. The van der Waals surface area contributed by atoms with E-state index in [-0.39, 0.29) is 0 Å². The fourth-order valence-corrected chi connectivity index (χ4v) is 3.45. The monoisotopic (exact) mass is 238 g/mol. The van der Waals surface area contributed by atoms with Gasteiger partial charge in [0.15, 0.2) is 0 Å². The van der Waals surface area contributed by atoms with E-state index in [2.05, 4.69) is 0 Å². The third-order valence-electron chi connectivity index (χ3n) is 4.68. The smallest absolute Gasteiger partial charge is 0.136 e. The van der Waals surface area contributed by atoms with E-state index in [1.807, 2.05) is 0 Å². The van der Waals surface area contributed by atoms with Crippen molar-refractivity contribution in [3.8, 4) is 0 Å². The molecule has 2 aliphatic rings. The molecule has 2 fully saturated rings. The van der Waals surface area contributed by atoms with Crippen molar-refractivity contribution in [3.63, 3.8) is 0 Å². The van der Waals surface area contributed by atoms with E-state index in [0.29, 0.717) is 23.7 Å². The minimum absolute atomic E-state index is 0.406. The Kier molecular flexibility index (Phi) is 5.02. The Hall–Kier alpha value is -0.370. The Labute approximate surface area is 105 Å². The Balaban J connectivity index is 1.71. The average molecular weight is 238 g/mol. The first kappa shape index (κ1) is 13.1. The molecule has 0 atom stereocenters. The number of carbonyl (C=O) groups excluding carboxylic acids is 1. The van der Waals surface area contributed by atoms with E-state index >= 15 is 0 Å². The first-order valence-electron chi connectivity index (χ1n) is 7.35. The van der Waals surface area contributed by atoms with Crippen LogP contribution >= 0.6 is 0 Å². The van der Waals surface area contributed by atoms with Crippen LogP contribution in [0.15, 0.2) is 0 Å². The van der Waals surface area contributed by atoms with Gasteiger partial charge in [-0.25, -0.2) is 0 Å². The largest absolute Gasteiger partial charge is 0.381 e. The molecule has 2 nitrogen and oxygen atoms in total. The van der Waals surface area contributed by atoms with Crippen molar-refractivity contribution in [2.45, 2.75) is 70.3 Å². The highest BCUT2D eigenvalue weighted by molar-refractivity contribution is 5.81. The lowest BCUT2D eigenvalue weighted by Gasteiger charge is -2.29. The van der Waals surface area contributed by atoms with Gasteiger partial charge in [-0.3, -0.25) is 4.79 Å². The highest BCUT2D eigenvalue weighted by atomic mass is 16.5. The van der Waals surface area contributed by atoms with Crippen LogP contribution in [0.4, 0.5) is 0 Å². The SMILES string of the molecule is COC1CCC(CC(=O)C2CCCCC2)CC1. The molecule has 0 N–H and O–H groups in total. The van der Waals surface area contributed by atoms with E-state index in [0.717, 1.165) is 32.1 Å². The van der Waals surface area contributed by atoms with Crippen molar-refractivity contribution < 1.29 is 9.53 Å². The molecule has 0 amide bonds. The van der Waals surface area contributed by atoms with Crippen molar-refractivity contribution in [2.24, 2.45) is 11.8 Å². The normalized spacial score (nSPS) is 31.4. The van der Waals surface area contributed by atoms with E-state index in [9.17, 15) is 4.79 Å².